The lowest BCUT2D eigenvalue weighted by Crippen LogP contribution is -2.53. The summed E-state index contributed by atoms with van der Waals surface area (Å²) < 4.78 is 17.1. The van der Waals surface area contributed by atoms with Crippen molar-refractivity contribution < 1.29 is 4.39 Å². The van der Waals surface area contributed by atoms with Gasteiger partial charge in [-0.1, -0.05) is 13.0 Å². The molecule has 180 valence electrons. The van der Waals surface area contributed by atoms with Crippen LogP contribution in [0.15, 0.2) is 54.1 Å². The Morgan fingerprint density at radius 3 is 2.31 bits per heavy atom. The lowest BCUT2D eigenvalue weighted by Gasteiger charge is -2.39. The zero-order valence-electron chi connectivity index (χ0n) is 19.8. The third-order valence-electron chi connectivity index (χ3n) is 6.27. The zero-order valence-corrected chi connectivity index (χ0v) is 19.8. The maximum absolute atomic E-state index is 14.8. The lowest BCUT2D eigenvalue weighted by molar-refractivity contribution is 0.533. The molecule has 11 heteroatoms. The molecule has 0 spiro atoms. The van der Waals surface area contributed by atoms with Gasteiger partial charge in [-0.05, 0) is 36.6 Å². The molecule has 1 fully saturated rings. The summed E-state index contributed by atoms with van der Waals surface area (Å²) in [6.07, 6.45) is 9.36. The highest BCUT2D eigenvalue weighted by Crippen LogP contribution is 2.25. The molecule has 0 N–H and O–H groups in total. The highest BCUT2D eigenvalue weighted by atomic mass is 19.1. The molecule has 4 aromatic rings. The van der Waals surface area contributed by atoms with Gasteiger partial charge in [0.05, 0.1) is 5.69 Å². The highest BCUT2D eigenvalue weighted by molar-refractivity contribution is 5.64. The first-order valence-corrected chi connectivity index (χ1v) is 11.5. The molecule has 1 atom stereocenters. The lowest BCUT2D eigenvalue weighted by atomic mass is 10.1. The summed E-state index contributed by atoms with van der Waals surface area (Å²) in [6, 6.07) is 4.83. The highest BCUT2D eigenvalue weighted by Gasteiger charge is 2.27. The van der Waals surface area contributed by atoms with Crippen molar-refractivity contribution >= 4 is 11.9 Å². The summed E-state index contributed by atoms with van der Waals surface area (Å²) in [4.78, 5) is 34.5. The monoisotopic (exact) mass is 475 g/mol. The standard InChI is InChI=1S/C24H26FN9O/c1-4-17-10-26-22(27-11-17)32-7-8-33(16(2)14-32)23-28-12-19(13-29-23)18-5-6-21(20(25)9-18)34-15-30-31(3)24(34)35/h5-6,9-13,15-16H,4,7-8,14H2,1-3H3. The van der Waals surface area contributed by atoms with Crippen LogP contribution in [0.3, 0.4) is 0 Å². The van der Waals surface area contributed by atoms with Crippen molar-refractivity contribution in [3.8, 4) is 16.8 Å². The van der Waals surface area contributed by atoms with Gasteiger partial charge < -0.3 is 9.80 Å². The summed E-state index contributed by atoms with van der Waals surface area (Å²) in [5, 5.41) is 3.87. The van der Waals surface area contributed by atoms with E-state index < -0.39 is 11.5 Å². The largest absolute Gasteiger partial charge is 0.350 e. The third kappa shape index (κ3) is 4.36. The Labute approximate surface area is 201 Å². The second kappa shape index (κ2) is 9.24. The molecular formula is C24H26FN9O. The van der Waals surface area contributed by atoms with E-state index in [1.54, 1.807) is 24.5 Å². The van der Waals surface area contributed by atoms with Crippen molar-refractivity contribution in [1.29, 1.82) is 0 Å². The second-order valence-electron chi connectivity index (χ2n) is 8.58. The molecule has 1 aromatic carbocycles. The topological polar surface area (TPSA) is 97.9 Å². The van der Waals surface area contributed by atoms with Crippen molar-refractivity contribution in [2.45, 2.75) is 26.3 Å². The van der Waals surface area contributed by atoms with Crippen LogP contribution in [0.1, 0.15) is 19.4 Å². The Morgan fingerprint density at radius 2 is 1.71 bits per heavy atom. The number of piperazine rings is 1. The third-order valence-corrected chi connectivity index (χ3v) is 6.27. The molecule has 4 heterocycles. The molecule has 10 nitrogen and oxygen atoms in total. The molecule has 5 rings (SSSR count). The summed E-state index contributed by atoms with van der Waals surface area (Å²) in [5.41, 5.74) is 2.16. The van der Waals surface area contributed by atoms with E-state index in [0.717, 1.165) is 42.2 Å². The maximum atomic E-state index is 14.8. The quantitative estimate of drug-likeness (QED) is 0.434. The first-order valence-electron chi connectivity index (χ1n) is 11.5. The predicted octanol–water partition coefficient (Wildman–Crippen LogP) is 2.23. The van der Waals surface area contributed by atoms with E-state index in [-0.39, 0.29) is 11.7 Å². The Balaban J connectivity index is 1.29. The van der Waals surface area contributed by atoms with Crippen LogP contribution in [0.4, 0.5) is 16.3 Å². The van der Waals surface area contributed by atoms with Gasteiger partial charge >= 0.3 is 5.69 Å². The Morgan fingerprint density at radius 1 is 1.00 bits per heavy atom. The van der Waals surface area contributed by atoms with Gasteiger partial charge in [0.25, 0.3) is 0 Å². The van der Waals surface area contributed by atoms with E-state index in [4.69, 9.17) is 0 Å². The van der Waals surface area contributed by atoms with Gasteiger partial charge in [-0.15, -0.1) is 0 Å². The minimum absolute atomic E-state index is 0.143. The molecule has 1 unspecified atom stereocenters. The smallest absolute Gasteiger partial charge is 0.337 e. The number of hydrogen-bond donors (Lipinski definition) is 0. The number of rotatable bonds is 5. The van der Waals surface area contributed by atoms with Crippen molar-refractivity contribution in [3.63, 3.8) is 0 Å². The van der Waals surface area contributed by atoms with Crippen LogP contribution in [0.2, 0.25) is 0 Å². The van der Waals surface area contributed by atoms with E-state index in [0.29, 0.717) is 17.1 Å². The number of anilines is 2. The number of aromatic nitrogens is 7. The van der Waals surface area contributed by atoms with E-state index in [2.05, 4.69) is 48.7 Å². The SMILES string of the molecule is CCc1cnc(N2CCN(c3ncc(-c4ccc(-n5cnn(C)c5=O)c(F)c4)cn3)C(C)C2)nc1. The number of hydrogen-bond acceptors (Lipinski definition) is 8. The molecule has 35 heavy (non-hydrogen) atoms. The van der Waals surface area contributed by atoms with Crippen LogP contribution in [-0.2, 0) is 13.5 Å². The van der Waals surface area contributed by atoms with Gasteiger partial charge in [-0.2, -0.15) is 5.10 Å². The Kier molecular flexibility index (Phi) is 5.98. The molecule has 1 aliphatic heterocycles. The fourth-order valence-corrected chi connectivity index (χ4v) is 4.18. The van der Waals surface area contributed by atoms with Gasteiger partial charge in [0, 0.05) is 63.1 Å². The number of halogens is 1. The van der Waals surface area contributed by atoms with Crippen LogP contribution in [0.5, 0.6) is 0 Å². The van der Waals surface area contributed by atoms with Crippen molar-refractivity contribution in [2.75, 3.05) is 29.4 Å². The summed E-state index contributed by atoms with van der Waals surface area (Å²) in [6.45, 7) is 6.47. The molecule has 0 aliphatic carbocycles. The molecule has 3 aromatic heterocycles. The van der Waals surface area contributed by atoms with Gasteiger partial charge in [-0.25, -0.2) is 38.4 Å². The van der Waals surface area contributed by atoms with E-state index in [1.165, 1.54) is 24.0 Å². The first kappa shape index (κ1) is 22.6. The molecule has 0 amide bonds. The molecule has 1 saturated heterocycles. The summed E-state index contributed by atoms with van der Waals surface area (Å²) in [7, 11) is 1.52. The zero-order chi connectivity index (χ0) is 24.5. The second-order valence-corrected chi connectivity index (χ2v) is 8.58. The number of aryl methyl sites for hydroxylation is 2. The van der Waals surface area contributed by atoms with E-state index in [9.17, 15) is 9.18 Å². The van der Waals surface area contributed by atoms with Crippen molar-refractivity contribution in [2.24, 2.45) is 7.05 Å². The van der Waals surface area contributed by atoms with E-state index in [1.807, 2.05) is 12.4 Å². The Hall–Kier alpha value is -4.15. The summed E-state index contributed by atoms with van der Waals surface area (Å²) in [5.74, 6) is 0.840. The molecule has 0 saturated carbocycles. The van der Waals surface area contributed by atoms with Crippen molar-refractivity contribution in [3.05, 3.63) is 71.2 Å². The normalized spacial score (nSPS) is 16.1. The summed E-state index contributed by atoms with van der Waals surface area (Å²) >= 11 is 0. The van der Waals surface area contributed by atoms with Crippen LogP contribution < -0.4 is 15.5 Å². The fourth-order valence-electron chi connectivity index (χ4n) is 4.18. The minimum atomic E-state index is -0.527. The minimum Gasteiger partial charge on any atom is -0.337 e. The van der Waals surface area contributed by atoms with Gasteiger partial charge in [0.1, 0.15) is 12.1 Å². The van der Waals surface area contributed by atoms with E-state index >= 15 is 0 Å². The maximum Gasteiger partial charge on any atom is 0.350 e. The van der Waals surface area contributed by atoms with Crippen LogP contribution in [0, 0.1) is 5.82 Å². The number of benzene rings is 1. The van der Waals surface area contributed by atoms with Crippen LogP contribution >= 0.6 is 0 Å². The average molecular weight is 476 g/mol. The van der Waals surface area contributed by atoms with Gasteiger partial charge in [-0.3, -0.25) is 0 Å². The van der Waals surface area contributed by atoms with Crippen molar-refractivity contribution in [1.82, 2.24) is 34.3 Å². The average Bonchev–Trinajstić information content (AvgIpc) is 3.22. The molecular weight excluding hydrogens is 449 g/mol. The number of nitrogens with zero attached hydrogens (tertiary/aromatic N) is 9. The Bertz CT molecular complexity index is 1380. The van der Waals surface area contributed by atoms with Gasteiger partial charge in [0.2, 0.25) is 11.9 Å². The first-order chi connectivity index (χ1) is 16.9. The fraction of sp³-hybridized carbons (Fsp3) is 0.333. The van der Waals surface area contributed by atoms with Crippen LogP contribution in [0.25, 0.3) is 16.8 Å². The molecule has 1 aliphatic rings. The molecule has 0 bridgehead atoms. The van der Waals surface area contributed by atoms with Crippen LogP contribution in [-0.4, -0.2) is 60.0 Å². The molecule has 0 radical (unpaired) electrons. The van der Waals surface area contributed by atoms with Gasteiger partial charge in [0.15, 0.2) is 0 Å². The predicted molar refractivity (Wildman–Crippen MR) is 130 cm³/mol.